The summed E-state index contributed by atoms with van der Waals surface area (Å²) in [5.74, 6) is -0.279. The van der Waals surface area contributed by atoms with Crippen LogP contribution >= 0.6 is 8.07 Å². The van der Waals surface area contributed by atoms with Gasteiger partial charge >= 0.3 is 5.97 Å². The van der Waals surface area contributed by atoms with E-state index in [1.165, 1.54) is 30.8 Å². The van der Waals surface area contributed by atoms with Crippen LogP contribution in [0, 0.1) is 18.7 Å². The number of rotatable bonds is 6. The minimum absolute atomic E-state index is 0.0920. The number of pyridine rings is 1. The first kappa shape index (κ1) is 26.4. The Kier molecular flexibility index (Phi) is 7.20. The topological polar surface area (TPSA) is 62.7 Å². The highest BCUT2D eigenvalue weighted by Crippen LogP contribution is 2.59. The number of likely N-dealkylation sites (N-methyl/N-ethyl adjacent to an activating group) is 1. The van der Waals surface area contributed by atoms with Gasteiger partial charge in [-0.1, -0.05) is 37.3 Å². The van der Waals surface area contributed by atoms with Gasteiger partial charge in [0.05, 0.1) is 12.1 Å². The lowest BCUT2D eigenvalue weighted by Gasteiger charge is -2.33. The van der Waals surface area contributed by atoms with Gasteiger partial charge in [-0.3, -0.25) is 14.4 Å². The Morgan fingerprint density at radius 3 is 2.85 bits per heavy atom. The average Bonchev–Trinajstić information content (AvgIpc) is 3.09. The first-order valence-electron chi connectivity index (χ1n) is 14.0. The van der Waals surface area contributed by atoms with Crippen LogP contribution in [0.5, 0.6) is 5.75 Å². The quantitative estimate of drug-likeness (QED) is 0.334. The van der Waals surface area contributed by atoms with Gasteiger partial charge in [-0.2, -0.15) is 0 Å². The molecule has 3 aliphatic heterocycles. The molecule has 7 heteroatoms. The number of aliphatic carboxylic acids is 1. The van der Waals surface area contributed by atoms with Crippen LogP contribution in [-0.2, 0) is 17.6 Å². The first-order chi connectivity index (χ1) is 18.8. The van der Waals surface area contributed by atoms with E-state index in [9.17, 15) is 9.90 Å². The maximum atomic E-state index is 15.1. The molecule has 2 aromatic carbocycles. The summed E-state index contributed by atoms with van der Waals surface area (Å²) in [5, 5.41) is 9.34. The number of aryl methyl sites for hydroxylation is 2. The van der Waals surface area contributed by atoms with Crippen molar-refractivity contribution in [2.24, 2.45) is 5.92 Å². The summed E-state index contributed by atoms with van der Waals surface area (Å²) in [5.41, 5.74) is 6.93. The molecule has 5 nitrogen and oxygen atoms in total. The third kappa shape index (κ3) is 5.10. The van der Waals surface area contributed by atoms with Crippen molar-refractivity contribution in [2.45, 2.75) is 64.0 Å². The van der Waals surface area contributed by atoms with E-state index in [0.29, 0.717) is 23.9 Å². The number of nitrogens with zero attached hydrogens (tertiary/aromatic N) is 2. The van der Waals surface area contributed by atoms with Gasteiger partial charge < -0.3 is 9.84 Å². The number of hydrogen-bond donors (Lipinski definition) is 1. The summed E-state index contributed by atoms with van der Waals surface area (Å²) in [4.78, 5) is 15.5. The van der Waals surface area contributed by atoms with E-state index in [4.69, 9.17) is 4.74 Å². The number of fused-ring (bicyclic) bond motifs is 3. The fraction of sp³-hybridized carbons (Fsp3) is 0.438. The van der Waals surface area contributed by atoms with Gasteiger partial charge in [0.15, 0.2) is 0 Å². The molecule has 0 spiro atoms. The van der Waals surface area contributed by atoms with Crippen molar-refractivity contribution in [3.05, 3.63) is 82.4 Å². The molecule has 2 fully saturated rings. The summed E-state index contributed by atoms with van der Waals surface area (Å²) in [7, 11) is 2.14. The van der Waals surface area contributed by atoms with Crippen molar-refractivity contribution in [3.63, 3.8) is 0 Å². The Morgan fingerprint density at radius 1 is 1.21 bits per heavy atom. The molecule has 204 valence electrons. The van der Waals surface area contributed by atoms with E-state index in [1.807, 2.05) is 25.1 Å². The smallest absolute Gasteiger partial charge is 0.306 e. The van der Waals surface area contributed by atoms with Crippen LogP contribution in [0.2, 0.25) is 0 Å². The molecule has 0 aliphatic carbocycles. The van der Waals surface area contributed by atoms with E-state index in [0.717, 1.165) is 52.7 Å². The molecular formula is C32H36FN2O3P. The third-order valence-corrected chi connectivity index (χ3v) is 11.7. The Morgan fingerprint density at radius 2 is 2.05 bits per heavy atom. The molecule has 5 unspecified atom stereocenters. The number of carbonyl (C=O) groups is 1. The van der Waals surface area contributed by atoms with Crippen molar-refractivity contribution >= 4 is 14.0 Å². The lowest BCUT2D eigenvalue weighted by molar-refractivity contribution is -0.141. The molecule has 1 aromatic heterocycles. The standard InChI is InChI=1S/C32H36FN2O3P/c1-19(32(36)37)13-21-6-7-22-9-11-30(38-31(22)15-21)23-8-10-24(26-14-20(2)34-17-28(26)33)25(16-23)27-18-39-12-4-5-29(27)35(39)3/h6-8,10,14-17,19,27,29-30H,4-5,9,11-13,18H2,1-3H3,(H,36,37). The molecular weight excluding hydrogens is 510 g/mol. The van der Waals surface area contributed by atoms with Crippen molar-refractivity contribution in [2.75, 3.05) is 19.4 Å². The Labute approximate surface area is 231 Å². The molecule has 0 saturated carbocycles. The molecule has 1 N–H and O–H groups in total. The zero-order valence-corrected chi connectivity index (χ0v) is 23.8. The molecule has 0 amide bonds. The fourth-order valence-corrected chi connectivity index (χ4v) is 9.57. The number of aromatic nitrogens is 1. The molecule has 3 aromatic rings. The number of hydrogen-bond acceptors (Lipinski definition) is 4. The molecule has 2 saturated heterocycles. The SMILES string of the molecule is Cc1cc(-c2ccc(C3CCc4ccc(CC(C)C(=O)O)cc4O3)cc2C2CP3CCCC2N3C)c(F)cn1. The Bertz CT molecular complexity index is 1410. The predicted molar refractivity (Wildman–Crippen MR) is 153 cm³/mol. The van der Waals surface area contributed by atoms with Gasteiger partial charge in [0, 0.05) is 23.2 Å². The van der Waals surface area contributed by atoms with Crippen molar-refractivity contribution in [1.82, 2.24) is 9.65 Å². The normalized spacial score (nSPS) is 25.1. The first-order valence-corrected chi connectivity index (χ1v) is 15.7. The minimum atomic E-state index is -0.788. The monoisotopic (exact) mass is 546 g/mol. The van der Waals surface area contributed by atoms with Crippen LogP contribution in [0.3, 0.4) is 0 Å². The second-order valence-electron chi connectivity index (χ2n) is 11.5. The van der Waals surface area contributed by atoms with Gasteiger partial charge in [0.25, 0.3) is 0 Å². The molecule has 2 bridgehead atoms. The Hall–Kier alpha value is -2.82. The Balaban J connectivity index is 1.36. The predicted octanol–water partition coefficient (Wildman–Crippen LogP) is 7.11. The van der Waals surface area contributed by atoms with Crippen LogP contribution in [0.15, 0.2) is 48.7 Å². The summed E-state index contributed by atoms with van der Waals surface area (Å²) < 4.78 is 24.3. The van der Waals surface area contributed by atoms with E-state index in [2.05, 4.69) is 41.0 Å². The number of carboxylic acid groups (broad SMARTS) is 1. The molecule has 39 heavy (non-hydrogen) atoms. The fourth-order valence-electron chi connectivity index (χ4n) is 6.67. The zero-order valence-electron chi connectivity index (χ0n) is 22.9. The van der Waals surface area contributed by atoms with Crippen LogP contribution in [0.4, 0.5) is 4.39 Å². The lowest BCUT2D eigenvalue weighted by Crippen LogP contribution is -2.29. The summed E-state index contributed by atoms with van der Waals surface area (Å²) in [6.45, 7) is 3.65. The van der Waals surface area contributed by atoms with Crippen LogP contribution in [0.25, 0.3) is 11.1 Å². The number of carboxylic acids is 1. The van der Waals surface area contributed by atoms with E-state index in [1.54, 1.807) is 6.92 Å². The minimum Gasteiger partial charge on any atom is -0.485 e. The van der Waals surface area contributed by atoms with Crippen LogP contribution < -0.4 is 4.74 Å². The lowest BCUT2D eigenvalue weighted by atomic mass is 9.83. The second-order valence-corrected chi connectivity index (χ2v) is 13.9. The maximum absolute atomic E-state index is 15.1. The highest BCUT2D eigenvalue weighted by atomic mass is 31.1. The number of benzene rings is 2. The van der Waals surface area contributed by atoms with Gasteiger partial charge in [-0.05, 0) is 106 Å². The van der Waals surface area contributed by atoms with Gasteiger partial charge in [0.1, 0.15) is 17.7 Å². The molecule has 6 rings (SSSR count). The third-order valence-electron chi connectivity index (χ3n) is 8.88. The molecule has 5 atom stereocenters. The maximum Gasteiger partial charge on any atom is 0.306 e. The number of halogens is 1. The van der Waals surface area contributed by atoms with Crippen LogP contribution in [0.1, 0.15) is 66.2 Å². The van der Waals surface area contributed by atoms with Crippen molar-refractivity contribution < 1.29 is 19.0 Å². The van der Waals surface area contributed by atoms with E-state index >= 15 is 4.39 Å². The zero-order chi connectivity index (χ0) is 27.3. The van der Waals surface area contributed by atoms with Gasteiger partial charge in [-0.25, -0.2) is 4.39 Å². The van der Waals surface area contributed by atoms with E-state index in [-0.39, 0.29) is 20.0 Å². The van der Waals surface area contributed by atoms with Crippen molar-refractivity contribution in [1.29, 1.82) is 0 Å². The summed E-state index contributed by atoms with van der Waals surface area (Å²) in [6, 6.07) is 15.0. The van der Waals surface area contributed by atoms with Crippen molar-refractivity contribution in [3.8, 4) is 16.9 Å². The molecule has 4 heterocycles. The van der Waals surface area contributed by atoms with E-state index < -0.39 is 11.9 Å². The number of ether oxygens (including phenoxy) is 1. The molecule has 0 radical (unpaired) electrons. The van der Waals surface area contributed by atoms with Gasteiger partial charge in [0.2, 0.25) is 0 Å². The second kappa shape index (κ2) is 10.6. The summed E-state index contributed by atoms with van der Waals surface area (Å²) >= 11 is 0. The highest BCUT2D eigenvalue weighted by molar-refractivity contribution is 7.55. The highest BCUT2D eigenvalue weighted by Gasteiger charge is 2.43. The van der Waals surface area contributed by atoms with Gasteiger partial charge in [-0.15, -0.1) is 0 Å². The summed E-state index contributed by atoms with van der Waals surface area (Å²) in [6.07, 6.45) is 8.43. The van der Waals surface area contributed by atoms with Crippen LogP contribution in [-0.4, -0.2) is 46.1 Å². The molecule has 3 aliphatic rings. The largest absolute Gasteiger partial charge is 0.485 e. The average molecular weight is 547 g/mol.